The van der Waals surface area contributed by atoms with E-state index in [2.05, 4.69) is 20.6 Å². The van der Waals surface area contributed by atoms with Gasteiger partial charge >= 0.3 is 0 Å². The third kappa shape index (κ3) is 4.31. The molecule has 0 unspecified atom stereocenters. The van der Waals surface area contributed by atoms with Crippen molar-refractivity contribution in [2.24, 2.45) is 16.6 Å². The largest absolute Gasteiger partial charge is 0.387 e. The van der Waals surface area contributed by atoms with E-state index in [9.17, 15) is 9.59 Å². The zero-order chi connectivity index (χ0) is 22.0. The van der Waals surface area contributed by atoms with E-state index in [1.54, 1.807) is 12.4 Å². The van der Waals surface area contributed by atoms with Gasteiger partial charge < -0.3 is 26.4 Å². The van der Waals surface area contributed by atoms with Crippen LogP contribution in [0.5, 0.6) is 0 Å². The molecule has 11 heteroatoms. The number of rotatable bonds is 8. The molecule has 4 rings (SSSR count). The number of aryl methyl sites for hydroxylation is 1. The number of oxime groups is 1. The zero-order valence-corrected chi connectivity index (χ0v) is 17.5. The highest BCUT2D eigenvalue weighted by molar-refractivity contribution is 6.11. The summed E-state index contributed by atoms with van der Waals surface area (Å²) in [5.74, 6) is -1.17. The van der Waals surface area contributed by atoms with Crippen LogP contribution in [0.4, 0.5) is 5.69 Å². The van der Waals surface area contributed by atoms with Crippen LogP contribution in [0.25, 0.3) is 11.0 Å². The van der Waals surface area contributed by atoms with E-state index in [1.807, 2.05) is 11.6 Å². The standard InChI is InChI=1S/C20H27N7O4/c1-2-27-19-14(11-24-27)18(25-12-3-5-30-6-4-12)13(10-23-19)15-7-20(31-26-15,8-16(21)28)9-17(22)29/h10-12H,2-9H2,1H3,(H2,21,28)(H2,22,29)(H,23,25). The minimum Gasteiger partial charge on any atom is -0.387 e. The molecule has 2 aliphatic heterocycles. The number of nitrogens with two attached hydrogens (primary N) is 2. The third-order valence-corrected chi connectivity index (χ3v) is 5.68. The van der Waals surface area contributed by atoms with Crippen molar-refractivity contribution in [3.8, 4) is 0 Å². The highest BCUT2D eigenvalue weighted by atomic mass is 16.7. The first-order chi connectivity index (χ1) is 14.9. The predicted octanol–water partition coefficient (Wildman–Crippen LogP) is 0.656. The number of ether oxygens (including phenoxy) is 1. The highest BCUT2D eigenvalue weighted by Gasteiger charge is 2.43. The van der Waals surface area contributed by atoms with Crippen LogP contribution in [-0.2, 0) is 25.7 Å². The van der Waals surface area contributed by atoms with Crippen molar-refractivity contribution in [3.63, 3.8) is 0 Å². The van der Waals surface area contributed by atoms with Crippen molar-refractivity contribution in [1.29, 1.82) is 0 Å². The van der Waals surface area contributed by atoms with Gasteiger partial charge in [-0.15, -0.1) is 0 Å². The summed E-state index contributed by atoms with van der Waals surface area (Å²) >= 11 is 0. The normalized spacial score (nSPS) is 18.5. The maximum absolute atomic E-state index is 11.6. The van der Waals surface area contributed by atoms with E-state index in [0.29, 0.717) is 25.5 Å². The number of fused-ring (bicyclic) bond motifs is 1. The maximum atomic E-state index is 11.6. The third-order valence-electron chi connectivity index (χ3n) is 5.68. The van der Waals surface area contributed by atoms with Crippen LogP contribution in [0.1, 0.15) is 44.6 Å². The van der Waals surface area contributed by atoms with Crippen molar-refractivity contribution >= 4 is 34.2 Å². The monoisotopic (exact) mass is 429 g/mol. The predicted molar refractivity (Wildman–Crippen MR) is 113 cm³/mol. The first kappa shape index (κ1) is 21.0. The number of hydrogen-bond acceptors (Lipinski definition) is 8. The number of anilines is 1. The van der Waals surface area contributed by atoms with Crippen molar-refractivity contribution in [1.82, 2.24) is 14.8 Å². The molecule has 0 atom stereocenters. The van der Waals surface area contributed by atoms with Crippen molar-refractivity contribution in [3.05, 3.63) is 18.0 Å². The molecule has 4 heterocycles. The van der Waals surface area contributed by atoms with Crippen LogP contribution < -0.4 is 16.8 Å². The van der Waals surface area contributed by atoms with Crippen molar-refractivity contribution < 1.29 is 19.2 Å². The Hall–Kier alpha value is -3.21. The fraction of sp³-hybridized carbons (Fsp3) is 0.550. The molecule has 0 aliphatic carbocycles. The summed E-state index contributed by atoms with van der Waals surface area (Å²) in [6.07, 6.45) is 5.17. The molecule has 1 fully saturated rings. The summed E-state index contributed by atoms with van der Waals surface area (Å²) in [7, 11) is 0. The molecule has 0 saturated carbocycles. The van der Waals surface area contributed by atoms with Gasteiger partial charge in [0.25, 0.3) is 0 Å². The summed E-state index contributed by atoms with van der Waals surface area (Å²) in [6.45, 7) is 4.08. The maximum Gasteiger partial charge on any atom is 0.221 e. The molecule has 1 saturated heterocycles. The van der Waals surface area contributed by atoms with E-state index in [1.165, 1.54) is 0 Å². The molecular weight excluding hydrogens is 402 g/mol. The Balaban J connectivity index is 1.71. The number of carbonyl (C=O) groups excluding carboxylic acids is 2. The number of nitrogens with zero attached hydrogens (tertiary/aromatic N) is 4. The molecule has 11 nitrogen and oxygen atoms in total. The fourth-order valence-corrected chi connectivity index (χ4v) is 4.23. The lowest BCUT2D eigenvalue weighted by molar-refractivity contribution is -0.131. The van der Waals surface area contributed by atoms with Gasteiger partial charge in [-0.1, -0.05) is 5.16 Å². The van der Waals surface area contributed by atoms with E-state index in [-0.39, 0.29) is 25.3 Å². The average Bonchev–Trinajstić information content (AvgIpc) is 3.32. The quantitative estimate of drug-likeness (QED) is 0.555. The molecule has 166 valence electrons. The Morgan fingerprint density at radius 3 is 2.58 bits per heavy atom. The summed E-state index contributed by atoms with van der Waals surface area (Å²) in [6, 6.07) is 0.229. The van der Waals surface area contributed by atoms with E-state index < -0.39 is 17.4 Å². The van der Waals surface area contributed by atoms with Gasteiger partial charge in [-0.25, -0.2) is 9.67 Å². The Morgan fingerprint density at radius 2 is 1.94 bits per heavy atom. The Kier molecular flexibility index (Phi) is 5.77. The molecule has 2 aliphatic rings. The van der Waals surface area contributed by atoms with Gasteiger partial charge in [0.15, 0.2) is 11.2 Å². The number of amides is 2. The summed E-state index contributed by atoms with van der Waals surface area (Å²) < 4.78 is 7.30. The first-order valence-corrected chi connectivity index (χ1v) is 10.4. The number of primary amides is 2. The first-order valence-electron chi connectivity index (χ1n) is 10.4. The van der Waals surface area contributed by atoms with Crippen molar-refractivity contribution in [2.75, 3.05) is 18.5 Å². The lowest BCUT2D eigenvalue weighted by Crippen LogP contribution is -2.39. The topological polar surface area (TPSA) is 160 Å². The lowest BCUT2D eigenvalue weighted by atomic mass is 9.87. The minimum atomic E-state index is -1.18. The van der Waals surface area contributed by atoms with Gasteiger partial charge in [0.05, 0.1) is 35.8 Å². The van der Waals surface area contributed by atoms with Gasteiger partial charge in [-0.2, -0.15) is 5.10 Å². The Bertz CT molecular complexity index is 1010. The van der Waals surface area contributed by atoms with Crippen LogP contribution in [0.3, 0.4) is 0 Å². The van der Waals surface area contributed by atoms with Crippen LogP contribution in [-0.4, -0.2) is 57.1 Å². The van der Waals surface area contributed by atoms with E-state index in [0.717, 1.165) is 35.1 Å². The molecule has 2 amide bonds. The van der Waals surface area contributed by atoms with Gasteiger partial charge in [-0.05, 0) is 19.8 Å². The molecule has 31 heavy (non-hydrogen) atoms. The second-order valence-electron chi connectivity index (χ2n) is 8.05. The fourth-order valence-electron chi connectivity index (χ4n) is 4.23. The Morgan fingerprint density at radius 1 is 1.23 bits per heavy atom. The summed E-state index contributed by atoms with van der Waals surface area (Å²) in [5, 5.41) is 13.2. The van der Waals surface area contributed by atoms with E-state index in [4.69, 9.17) is 21.0 Å². The van der Waals surface area contributed by atoms with Gasteiger partial charge in [-0.3, -0.25) is 9.59 Å². The second kappa shape index (κ2) is 8.50. The van der Waals surface area contributed by atoms with Gasteiger partial charge in [0.1, 0.15) is 0 Å². The number of carbonyl (C=O) groups is 2. The molecule has 0 spiro atoms. The number of pyridine rings is 1. The van der Waals surface area contributed by atoms with Crippen molar-refractivity contribution in [2.45, 2.75) is 57.2 Å². The second-order valence-corrected chi connectivity index (χ2v) is 8.05. The Labute approximate surface area is 179 Å². The SMILES string of the molecule is CCn1ncc2c(NC3CCOCC3)c(C3=NOC(CC(N)=O)(CC(N)=O)C3)cnc21. The molecular formula is C20H27N7O4. The molecule has 2 aromatic heterocycles. The number of aromatic nitrogens is 3. The minimum absolute atomic E-state index is 0.158. The number of hydrogen-bond donors (Lipinski definition) is 3. The highest BCUT2D eigenvalue weighted by Crippen LogP contribution is 2.37. The molecule has 0 radical (unpaired) electrons. The number of nitrogens with one attached hydrogen (secondary N) is 1. The molecule has 2 aromatic rings. The van der Waals surface area contributed by atoms with Crippen LogP contribution >= 0.6 is 0 Å². The smallest absolute Gasteiger partial charge is 0.221 e. The lowest BCUT2D eigenvalue weighted by Gasteiger charge is -2.26. The van der Waals surface area contributed by atoms with Crippen LogP contribution in [0.15, 0.2) is 17.5 Å². The van der Waals surface area contributed by atoms with Gasteiger partial charge in [0, 0.05) is 44.0 Å². The molecule has 5 N–H and O–H groups in total. The van der Waals surface area contributed by atoms with Gasteiger partial charge in [0.2, 0.25) is 11.8 Å². The molecule has 0 aromatic carbocycles. The van der Waals surface area contributed by atoms with Crippen LogP contribution in [0.2, 0.25) is 0 Å². The molecule has 0 bridgehead atoms. The zero-order valence-electron chi connectivity index (χ0n) is 17.5. The average molecular weight is 429 g/mol. The summed E-state index contributed by atoms with van der Waals surface area (Å²) in [5.41, 5.74) is 12.6. The van der Waals surface area contributed by atoms with E-state index >= 15 is 0 Å². The summed E-state index contributed by atoms with van der Waals surface area (Å²) in [4.78, 5) is 33.4. The van der Waals surface area contributed by atoms with Crippen LogP contribution in [0, 0.1) is 0 Å².